The molecule has 1 aromatic carbocycles. The van der Waals surface area contributed by atoms with Gasteiger partial charge in [0.1, 0.15) is 23.8 Å². The van der Waals surface area contributed by atoms with Crippen molar-refractivity contribution in [2.75, 3.05) is 12.4 Å². The number of rotatable bonds is 3. The Morgan fingerprint density at radius 3 is 3.00 bits per heavy atom. The number of nitrogens with zero attached hydrogens (tertiary/aromatic N) is 3. The Morgan fingerprint density at radius 1 is 1.45 bits per heavy atom. The third-order valence-corrected chi connectivity index (χ3v) is 3.10. The first-order chi connectivity index (χ1) is 9.70. The number of carboxylic acid groups (broad SMARTS) is 1. The maximum absolute atomic E-state index is 11.2. The molecule has 0 spiro atoms. The molecular formula is C13H12N4O3. The molecule has 3 rings (SSSR count). The van der Waals surface area contributed by atoms with E-state index in [-0.39, 0.29) is 11.7 Å². The Morgan fingerprint density at radius 2 is 2.25 bits per heavy atom. The second-order valence-electron chi connectivity index (χ2n) is 4.23. The van der Waals surface area contributed by atoms with Crippen molar-refractivity contribution in [1.82, 2.24) is 14.8 Å². The van der Waals surface area contributed by atoms with Crippen LogP contribution in [0.15, 0.2) is 42.4 Å². The van der Waals surface area contributed by atoms with Crippen LogP contribution in [0.3, 0.4) is 0 Å². The number of benzene rings is 1. The molecule has 102 valence electrons. The summed E-state index contributed by atoms with van der Waals surface area (Å²) >= 11 is 0. The van der Waals surface area contributed by atoms with Crippen LogP contribution in [-0.4, -0.2) is 33.0 Å². The van der Waals surface area contributed by atoms with Crippen LogP contribution in [-0.2, 0) is 4.79 Å². The van der Waals surface area contributed by atoms with Crippen molar-refractivity contribution in [3.63, 3.8) is 0 Å². The lowest BCUT2D eigenvalue weighted by molar-refractivity contribution is -0.132. The molecule has 20 heavy (non-hydrogen) atoms. The van der Waals surface area contributed by atoms with E-state index in [2.05, 4.69) is 15.4 Å². The number of methoxy groups -OCH3 is 1. The molecule has 1 atom stereocenters. The highest BCUT2D eigenvalue weighted by Gasteiger charge is 2.27. The van der Waals surface area contributed by atoms with Gasteiger partial charge in [-0.15, -0.1) is 0 Å². The maximum atomic E-state index is 11.2. The van der Waals surface area contributed by atoms with Crippen LogP contribution in [0.2, 0.25) is 0 Å². The summed E-state index contributed by atoms with van der Waals surface area (Å²) in [4.78, 5) is 15.2. The monoisotopic (exact) mass is 272 g/mol. The zero-order valence-corrected chi connectivity index (χ0v) is 10.6. The lowest BCUT2D eigenvalue weighted by atomic mass is 10.0. The van der Waals surface area contributed by atoms with Gasteiger partial charge in [0.25, 0.3) is 0 Å². The molecule has 1 aliphatic heterocycles. The summed E-state index contributed by atoms with van der Waals surface area (Å²) in [6.07, 6.45) is 2.96. The third-order valence-electron chi connectivity index (χ3n) is 3.10. The molecule has 1 aliphatic rings. The average Bonchev–Trinajstić information content (AvgIpc) is 2.94. The van der Waals surface area contributed by atoms with Crippen LogP contribution >= 0.6 is 0 Å². The molecule has 1 aromatic heterocycles. The number of para-hydroxylation sites is 1. The summed E-state index contributed by atoms with van der Waals surface area (Å²) in [5.74, 6) is 0.0155. The largest absolute Gasteiger partial charge is 0.496 e. The lowest BCUT2D eigenvalue weighted by Crippen LogP contribution is -2.24. The molecule has 2 aromatic rings. The second kappa shape index (κ2) is 4.69. The van der Waals surface area contributed by atoms with Crippen LogP contribution < -0.4 is 10.1 Å². The first-order valence-electron chi connectivity index (χ1n) is 5.95. The first-order valence-corrected chi connectivity index (χ1v) is 5.95. The minimum Gasteiger partial charge on any atom is -0.496 e. The Balaban J connectivity index is 2.14. The molecule has 7 heteroatoms. The van der Waals surface area contributed by atoms with E-state index in [1.165, 1.54) is 6.33 Å². The van der Waals surface area contributed by atoms with Crippen LogP contribution in [0, 0.1) is 0 Å². The number of anilines is 1. The quantitative estimate of drug-likeness (QED) is 0.874. The minimum atomic E-state index is -1.04. The zero-order valence-electron chi connectivity index (χ0n) is 10.6. The Bertz CT molecular complexity index is 692. The van der Waals surface area contributed by atoms with Crippen molar-refractivity contribution in [3.8, 4) is 5.75 Å². The second-order valence-corrected chi connectivity index (χ2v) is 4.23. The molecule has 7 nitrogen and oxygen atoms in total. The Kier molecular flexibility index (Phi) is 2.86. The summed E-state index contributed by atoms with van der Waals surface area (Å²) in [7, 11) is 1.57. The number of carbonyl (C=O) groups is 1. The summed E-state index contributed by atoms with van der Waals surface area (Å²) in [5.41, 5.74) is 0.892. The number of carboxylic acids is 1. The third kappa shape index (κ3) is 1.89. The van der Waals surface area contributed by atoms with Crippen molar-refractivity contribution in [1.29, 1.82) is 0 Å². The molecule has 0 saturated carbocycles. The molecule has 2 N–H and O–H groups in total. The minimum absolute atomic E-state index is 0.0707. The van der Waals surface area contributed by atoms with Crippen LogP contribution in [0.1, 0.15) is 11.6 Å². The Labute approximate surface area is 114 Å². The number of nitrogens with one attached hydrogen (secondary N) is 1. The van der Waals surface area contributed by atoms with E-state index in [9.17, 15) is 9.90 Å². The van der Waals surface area contributed by atoms with Crippen molar-refractivity contribution in [2.45, 2.75) is 6.04 Å². The SMILES string of the molecule is COc1ccccc1[C@H]1C=C(C(=O)O)Nc2ncnn21. The van der Waals surface area contributed by atoms with Gasteiger partial charge < -0.3 is 15.2 Å². The van der Waals surface area contributed by atoms with E-state index >= 15 is 0 Å². The van der Waals surface area contributed by atoms with E-state index in [0.717, 1.165) is 5.56 Å². The van der Waals surface area contributed by atoms with Crippen molar-refractivity contribution in [3.05, 3.63) is 47.9 Å². The average molecular weight is 272 g/mol. The lowest BCUT2D eigenvalue weighted by Gasteiger charge is -2.23. The van der Waals surface area contributed by atoms with Gasteiger partial charge in [0.05, 0.1) is 7.11 Å². The number of hydrogen-bond acceptors (Lipinski definition) is 5. The topological polar surface area (TPSA) is 89.3 Å². The highest BCUT2D eigenvalue weighted by molar-refractivity contribution is 5.90. The van der Waals surface area contributed by atoms with Crippen molar-refractivity contribution >= 4 is 11.9 Å². The van der Waals surface area contributed by atoms with Gasteiger partial charge in [-0.2, -0.15) is 10.1 Å². The van der Waals surface area contributed by atoms with Gasteiger partial charge in [-0.05, 0) is 12.1 Å². The smallest absolute Gasteiger partial charge is 0.352 e. The summed E-state index contributed by atoms with van der Waals surface area (Å²) in [6, 6.07) is 7.03. The van der Waals surface area contributed by atoms with Gasteiger partial charge in [0.15, 0.2) is 0 Å². The van der Waals surface area contributed by atoms with E-state index in [1.54, 1.807) is 17.9 Å². The standard InChI is InChI=1S/C13H12N4O3/c1-20-11-5-3-2-4-8(11)10-6-9(12(18)19)16-13-14-7-15-17(10)13/h2-7,10H,1H3,(H,18,19)(H,14,15,16)/t10-/m1/s1. The van der Waals surface area contributed by atoms with Crippen LogP contribution in [0.5, 0.6) is 5.75 Å². The predicted octanol–water partition coefficient (Wildman–Crippen LogP) is 1.27. The first kappa shape index (κ1) is 12.2. The number of hydrogen-bond donors (Lipinski definition) is 2. The highest BCUT2D eigenvalue weighted by Crippen LogP contribution is 2.33. The van der Waals surface area contributed by atoms with Gasteiger partial charge in [0, 0.05) is 5.56 Å². The van der Waals surface area contributed by atoms with Gasteiger partial charge in [-0.25, -0.2) is 9.48 Å². The summed E-state index contributed by atoms with van der Waals surface area (Å²) < 4.78 is 6.94. The number of aliphatic carboxylic acids is 1. The van der Waals surface area contributed by atoms with Crippen LogP contribution in [0.25, 0.3) is 0 Å². The van der Waals surface area contributed by atoms with E-state index < -0.39 is 5.97 Å². The van der Waals surface area contributed by atoms with Crippen molar-refractivity contribution < 1.29 is 14.6 Å². The number of ether oxygens (including phenoxy) is 1. The van der Waals surface area contributed by atoms with Crippen molar-refractivity contribution in [2.24, 2.45) is 0 Å². The van der Waals surface area contributed by atoms with Gasteiger partial charge in [0.2, 0.25) is 5.95 Å². The Hall–Kier alpha value is -2.83. The molecule has 0 radical (unpaired) electrons. The van der Waals surface area contributed by atoms with Gasteiger partial charge in [-0.1, -0.05) is 18.2 Å². The van der Waals surface area contributed by atoms with Gasteiger partial charge in [-0.3, -0.25) is 0 Å². The predicted molar refractivity (Wildman–Crippen MR) is 70.5 cm³/mol. The zero-order chi connectivity index (χ0) is 14.1. The normalized spacial score (nSPS) is 16.9. The maximum Gasteiger partial charge on any atom is 0.352 e. The van der Waals surface area contributed by atoms with E-state index in [4.69, 9.17) is 4.74 Å². The fraction of sp³-hybridized carbons (Fsp3) is 0.154. The molecule has 0 bridgehead atoms. The fourth-order valence-corrected chi connectivity index (χ4v) is 2.19. The molecule has 0 aliphatic carbocycles. The molecular weight excluding hydrogens is 260 g/mol. The molecule has 0 saturated heterocycles. The molecule has 2 heterocycles. The van der Waals surface area contributed by atoms with Gasteiger partial charge >= 0.3 is 5.97 Å². The van der Waals surface area contributed by atoms with E-state index in [0.29, 0.717) is 11.7 Å². The van der Waals surface area contributed by atoms with E-state index in [1.807, 2.05) is 24.3 Å². The summed E-state index contributed by atoms with van der Waals surface area (Å²) in [5, 5.41) is 16.0. The number of allylic oxidation sites excluding steroid dienone is 1. The molecule has 0 fully saturated rings. The number of aromatic nitrogens is 3. The molecule has 0 amide bonds. The molecule has 0 unspecified atom stereocenters. The van der Waals surface area contributed by atoms with Crippen LogP contribution in [0.4, 0.5) is 5.95 Å². The summed E-state index contributed by atoms with van der Waals surface area (Å²) in [6.45, 7) is 0. The highest BCUT2D eigenvalue weighted by atomic mass is 16.5. The number of fused-ring (bicyclic) bond motifs is 1. The fourth-order valence-electron chi connectivity index (χ4n) is 2.19.